The number of halogens is 2. The molecule has 0 aliphatic heterocycles. The molecule has 8 N–H and O–H groups in total. The molecule has 0 saturated heterocycles. The molecule has 0 radical (unpaired) electrons. The van der Waals surface area contributed by atoms with Crippen LogP contribution in [0.5, 0.6) is 0 Å². The van der Waals surface area contributed by atoms with Crippen LogP contribution in [0.2, 0.25) is 10.0 Å². The number of nitrogens with zero attached hydrogens (tertiary/aromatic N) is 2. The highest BCUT2D eigenvalue weighted by molar-refractivity contribution is 6.40. The minimum atomic E-state index is -1.54. The molecule has 0 fully saturated rings. The number of guanidine groups is 1. The Morgan fingerprint density at radius 1 is 0.927 bits per heavy atom. The third kappa shape index (κ3) is 8.43. The number of hydrogen-bond acceptors (Lipinski definition) is 6. The van der Waals surface area contributed by atoms with Gasteiger partial charge in [0.1, 0.15) is 6.04 Å². The van der Waals surface area contributed by atoms with Gasteiger partial charge in [0.25, 0.3) is 11.8 Å². The lowest BCUT2D eigenvalue weighted by molar-refractivity contribution is -0.139. The number of carbonyl (C=O) groups excluding carboxylic acids is 3. The van der Waals surface area contributed by atoms with Gasteiger partial charge in [0.05, 0.1) is 39.5 Å². The van der Waals surface area contributed by atoms with Crippen molar-refractivity contribution >= 4 is 58.5 Å². The standard InChI is InChI=1S/C27H23Cl2N7O5/c28-19-9-17(15-4-1-3-14(7-15)11-30)10-20(29)23(19)25(39)36-21(26(40)41)12-33-22(37)13-34-24(38)16-5-2-6-18(8-16)35-27(31)32/h1-10,21H,12-13H2,(H,33,37)(H,34,38)(H,36,39)(H,40,41)(H4,31,32,35)/t21-/m0/s1. The number of nitriles is 1. The van der Waals surface area contributed by atoms with Crippen molar-refractivity contribution in [1.29, 1.82) is 5.26 Å². The van der Waals surface area contributed by atoms with Crippen molar-refractivity contribution in [1.82, 2.24) is 16.0 Å². The molecule has 0 unspecified atom stereocenters. The molecule has 41 heavy (non-hydrogen) atoms. The fraction of sp³-hybridized carbons (Fsp3) is 0.111. The van der Waals surface area contributed by atoms with Crippen LogP contribution in [0.15, 0.2) is 65.7 Å². The predicted octanol–water partition coefficient (Wildman–Crippen LogP) is 2.17. The fourth-order valence-corrected chi connectivity index (χ4v) is 4.22. The first-order chi connectivity index (χ1) is 19.5. The van der Waals surface area contributed by atoms with Gasteiger partial charge in [-0.05, 0) is 53.6 Å². The zero-order valence-corrected chi connectivity index (χ0v) is 22.7. The van der Waals surface area contributed by atoms with Gasteiger partial charge in [-0.25, -0.2) is 9.79 Å². The monoisotopic (exact) mass is 595 g/mol. The van der Waals surface area contributed by atoms with Crippen LogP contribution in [0.3, 0.4) is 0 Å². The Bertz CT molecular complexity index is 1560. The molecular formula is C27H23Cl2N7O5. The first-order valence-electron chi connectivity index (χ1n) is 11.8. The van der Waals surface area contributed by atoms with E-state index in [2.05, 4.69) is 20.9 Å². The second-order valence-corrected chi connectivity index (χ2v) is 9.26. The molecule has 3 rings (SSSR count). The van der Waals surface area contributed by atoms with E-state index in [0.717, 1.165) is 0 Å². The number of aliphatic carboxylic acids is 1. The number of nitrogens with one attached hydrogen (secondary N) is 3. The number of carboxylic acids is 1. The van der Waals surface area contributed by atoms with E-state index < -0.39 is 42.8 Å². The summed E-state index contributed by atoms with van der Waals surface area (Å²) in [6, 6.07) is 16.1. The smallest absolute Gasteiger partial charge is 0.328 e. The van der Waals surface area contributed by atoms with Crippen molar-refractivity contribution in [3.05, 3.63) is 87.4 Å². The topological polar surface area (TPSA) is 213 Å². The number of amides is 3. The lowest BCUT2D eigenvalue weighted by Crippen LogP contribution is -2.50. The molecule has 1 atom stereocenters. The molecule has 0 spiro atoms. The van der Waals surface area contributed by atoms with Gasteiger partial charge in [0, 0.05) is 12.1 Å². The Morgan fingerprint density at radius 2 is 1.61 bits per heavy atom. The lowest BCUT2D eigenvalue weighted by Gasteiger charge is -2.17. The van der Waals surface area contributed by atoms with Crippen molar-refractivity contribution in [3.8, 4) is 17.2 Å². The number of carboxylic acid groups (broad SMARTS) is 1. The third-order valence-electron chi connectivity index (χ3n) is 5.48. The average molecular weight is 596 g/mol. The summed E-state index contributed by atoms with van der Waals surface area (Å²) >= 11 is 12.6. The molecule has 0 aromatic heterocycles. The summed E-state index contributed by atoms with van der Waals surface area (Å²) in [5.41, 5.74) is 12.6. The second kappa shape index (κ2) is 13.8. The number of carbonyl (C=O) groups is 4. The molecule has 0 aliphatic rings. The molecule has 210 valence electrons. The highest BCUT2D eigenvalue weighted by Gasteiger charge is 2.25. The quantitative estimate of drug-likeness (QED) is 0.150. The van der Waals surface area contributed by atoms with Crippen LogP contribution in [-0.4, -0.2) is 53.9 Å². The minimum Gasteiger partial charge on any atom is -0.480 e. The van der Waals surface area contributed by atoms with E-state index in [1.54, 1.807) is 36.4 Å². The summed E-state index contributed by atoms with van der Waals surface area (Å²) in [4.78, 5) is 53.1. The molecular weight excluding hydrogens is 573 g/mol. The van der Waals surface area contributed by atoms with Gasteiger partial charge in [-0.3, -0.25) is 14.4 Å². The first kappa shape index (κ1) is 30.4. The Hall–Kier alpha value is -5.12. The molecule has 3 aromatic rings. The highest BCUT2D eigenvalue weighted by Crippen LogP contribution is 2.32. The van der Waals surface area contributed by atoms with Crippen molar-refractivity contribution in [2.75, 3.05) is 13.1 Å². The maximum absolute atomic E-state index is 12.9. The summed E-state index contributed by atoms with van der Waals surface area (Å²) in [5, 5.41) is 25.6. The Labute approximate surface area is 243 Å². The fourth-order valence-electron chi connectivity index (χ4n) is 3.56. The van der Waals surface area contributed by atoms with Crippen molar-refractivity contribution in [2.24, 2.45) is 16.5 Å². The van der Waals surface area contributed by atoms with Crippen LogP contribution < -0.4 is 27.4 Å². The van der Waals surface area contributed by atoms with E-state index in [-0.39, 0.29) is 27.1 Å². The van der Waals surface area contributed by atoms with Gasteiger partial charge < -0.3 is 32.5 Å². The summed E-state index contributed by atoms with van der Waals surface area (Å²) in [7, 11) is 0. The molecule has 0 saturated carbocycles. The van der Waals surface area contributed by atoms with Crippen LogP contribution in [0.25, 0.3) is 11.1 Å². The first-order valence-corrected chi connectivity index (χ1v) is 12.5. The molecule has 12 nitrogen and oxygen atoms in total. The van der Waals surface area contributed by atoms with Crippen LogP contribution in [0.1, 0.15) is 26.3 Å². The summed E-state index contributed by atoms with van der Waals surface area (Å²) in [6.45, 7) is -0.970. The molecule has 3 aromatic carbocycles. The van der Waals surface area contributed by atoms with Crippen molar-refractivity contribution in [2.45, 2.75) is 6.04 Å². The van der Waals surface area contributed by atoms with Crippen LogP contribution >= 0.6 is 23.2 Å². The van der Waals surface area contributed by atoms with Gasteiger partial charge in [-0.1, -0.05) is 41.4 Å². The van der Waals surface area contributed by atoms with E-state index in [1.165, 1.54) is 24.3 Å². The summed E-state index contributed by atoms with van der Waals surface area (Å²) < 4.78 is 0. The Balaban J connectivity index is 1.61. The van der Waals surface area contributed by atoms with Gasteiger partial charge >= 0.3 is 5.97 Å². The normalized spacial score (nSPS) is 11.0. The molecule has 0 heterocycles. The van der Waals surface area contributed by atoms with E-state index in [4.69, 9.17) is 39.9 Å². The Morgan fingerprint density at radius 3 is 2.24 bits per heavy atom. The number of hydrogen-bond donors (Lipinski definition) is 6. The zero-order chi connectivity index (χ0) is 30.1. The zero-order valence-electron chi connectivity index (χ0n) is 21.2. The van der Waals surface area contributed by atoms with Gasteiger partial charge in [0.2, 0.25) is 5.91 Å². The average Bonchev–Trinajstić information content (AvgIpc) is 2.93. The number of benzene rings is 3. The van der Waals surface area contributed by atoms with E-state index in [1.807, 2.05) is 6.07 Å². The SMILES string of the molecule is N#Cc1cccc(-c2cc(Cl)c(C(=O)N[C@@H](CNC(=O)CNC(=O)c3cccc(N=C(N)N)c3)C(=O)O)c(Cl)c2)c1. The minimum absolute atomic E-state index is 0.0489. The molecule has 0 bridgehead atoms. The summed E-state index contributed by atoms with van der Waals surface area (Å²) in [5.74, 6) is -3.81. The van der Waals surface area contributed by atoms with Gasteiger partial charge in [0.15, 0.2) is 5.96 Å². The highest BCUT2D eigenvalue weighted by atomic mass is 35.5. The number of aliphatic imine (C=N–C) groups is 1. The molecule has 14 heteroatoms. The van der Waals surface area contributed by atoms with Crippen LogP contribution in [0, 0.1) is 11.3 Å². The van der Waals surface area contributed by atoms with E-state index in [0.29, 0.717) is 22.4 Å². The van der Waals surface area contributed by atoms with Crippen molar-refractivity contribution in [3.63, 3.8) is 0 Å². The Kier molecular flexibility index (Phi) is 10.2. The molecule has 3 amide bonds. The second-order valence-electron chi connectivity index (χ2n) is 8.45. The van der Waals surface area contributed by atoms with E-state index in [9.17, 15) is 24.3 Å². The number of nitrogens with two attached hydrogens (primary N) is 2. The van der Waals surface area contributed by atoms with E-state index >= 15 is 0 Å². The van der Waals surface area contributed by atoms with Crippen LogP contribution in [-0.2, 0) is 9.59 Å². The van der Waals surface area contributed by atoms with Crippen molar-refractivity contribution < 1.29 is 24.3 Å². The predicted molar refractivity (Wildman–Crippen MR) is 153 cm³/mol. The third-order valence-corrected chi connectivity index (χ3v) is 6.07. The maximum Gasteiger partial charge on any atom is 0.328 e. The maximum atomic E-state index is 12.9. The lowest BCUT2D eigenvalue weighted by atomic mass is 10.0. The van der Waals surface area contributed by atoms with Crippen LogP contribution in [0.4, 0.5) is 5.69 Å². The molecule has 0 aliphatic carbocycles. The van der Waals surface area contributed by atoms with Gasteiger partial charge in [-0.15, -0.1) is 0 Å². The van der Waals surface area contributed by atoms with Gasteiger partial charge in [-0.2, -0.15) is 5.26 Å². The summed E-state index contributed by atoms with van der Waals surface area (Å²) in [6.07, 6.45) is 0. The number of rotatable bonds is 10. The largest absolute Gasteiger partial charge is 0.480 e.